The Hall–Kier alpha value is -2.59. The van der Waals surface area contributed by atoms with Crippen LogP contribution in [-0.2, 0) is 42.3 Å². The molecule has 2 amide bonds. The molecular weight excluding hydrogens is 418 g/mol. The molecule has 2 aromatic rings. The number of likely N-dealkylation sites (N-methyl/N-ethyl adjacent to an activating group) is 1. The van der Waals surface area contributed by atoms with Crippen molar-refractivity contribution in [2.75, 3.05) is 18.5 Å². The molecule has 0 saturated heterocycles. The number of carbonyl (C=O) groups excluding carboxylic acids is 1. The van der Waals surface area contributed by atoms with Crippen LogP contribution in [0.25, 0.3) is 0 Å². The maximum Gasteiger partial charge on any atom is 0.333 e. The highest BCUT2D eigenvalue weighted by Gasteiger charge is 2.31. The number of urea groups is 1. The third-order valence-electron chi connectivity index (χ3n) is 6.32. The van der Waals surface area contributed by atoms with Crippen molar-refractivity contribution in [3.05, 3.63) is 34.5 Å². The number of nitrogens with zero attached hydrogens (tertiary/aromatic N) is 2. The molecule has 5 rings (SSSR count). The van der Waals surface area contributed by atoms with Crippen molar-refractivity contribution in [2.24, 2.45) is 0 Å². The van der Waals surface area contributed by atoms with Gasteiger partial charge in [-0.15, -0.1) is 0 Å². The molecule has 3 N–H and O–H groups in total. The average Bonchev–Trinajstić information content (AvgIpc) is 3.46. The summed E-state index contributed by atoms with van der Waals surface area (Å²) in [6.45, 7) is 3.62. The van der Waals surface area contributed by atoms with Crippen molar-refractivity contribution >= 4 is 21.7 Å². The molecule has 10 heteroatoms. The number of hydrogen-bond acceptors (Lipinski definition) is 6. The lowest BCUT2D eigenvalue weighted by Gasteiger charge is -2.25. The lowest BCUT2D eigenvalue weighted by Crippen LogP contribution is -2.42. The summed E-state index contributed by atoms with van der Waals surface area (Å²) in [5.74, 6) is 0.160. The number of benzene rings is 1. The highest BCUT2D eigenvalue weighted by molar-refractivity contribution is 7.90. The monoisotopic (exact) mass is 445 g/mol. The van der Waals surface area contributed by atoms with Crippen LogP contribution in [0, 0.1) is 0 Å². The van der Waals surface area contributed by atoms with E-state index in [-0.39, 0.29) is 16.8 Å². The molecule has 2 aliphatic carbocycles. The van der Waals surface area contributed by atoms with Crippen LogP contribution in [0.5, 0.6) is 5.88 Å². The summed E-state index contributed by atoms with van der Waals surface area (Å²) >= 11 is 0. The normalized spacial score (nSPS) is 19.3. The first-order valence-corrected chi connectivity index (χ1v) is 12.4. The minimum absolute atomic E-state index is 0.0612. The molecule has 166 valence electrons. The van der Waals surface area contributed by atoms with E-state index in [0.717, 1.165) is 56.3 Å². The number of fused-ring (bicyclic) bond motifs is 4. The number of ether oxygens (including phenoxy) is 1. The molecule has 0 fully saturated rings. The molecule has 1 atom stereocenters. The number of aromatic nitrogens is 2. The Bertz CT molecular complexity index is 1140. The highest BCUT2D eigenvalue weighted by Crippen LogP contribution is 2.38. The molecule has 1 aromatic heterocycles. The Morgan fingerprint density at radius 1 is 1.19 bits per heavy atom. The highest BCUT2D eigenvalue weighted by atomic mass is 32.2. The summed E-state index contributed by atoms with van der Waals surface area (Å²) in [5.41, 5.74) is 5.93. The maximum absolute atomic E-state index is 12.9. The standard InChI is InChI=1S/C21H27N5O4S/c1-2-22-14-11-26-20(30-12-14)19(10-23-26)31(28,29)25-21(27)24-18-9-13-5-3-6-15(13)16-7-4-8-17(16)18/h9-10,14,22H,2-8,11-12H2,1H3,(H2,24,25,27). The Kier molecular flexibility index (Phi) is 5.13. The quantitative estimate of drug-likeness (QED) is 0.646. The lowest BCUT2D eigenvalue weighted by molar-refractivity contribution is 0.180. The number of nitrogens with one attached hydrogen (secondary N) is 3. The van der Waals surface area contributed by atoms with Gasteiger partial charge in [0.25, 0.3) is 10.0 Å². The molecule has 0 saturated carbocycles. The van der Waals surface area contributed by atoms with Gasteiger partial charge in [-0.2, -0.15) is 5.10 Å². The summed E-state index contributed by atoms with van der Waals surface area (Å²) in [6.07, 6.45) is 7.46. The molecule has 1 unspecified atom stereocenters. The van der Waals surface area contributed by atoms with Crippen LogP contribution in [0.2, 0.25) is 0 Å². The minimum atomic E-state index is -4.12. The Morgan fingerprint density at radius 2 is 1.97 bits per heavy atom. The van der Waals surface area contributed by atoms with Gasteiger partial charge in [0.05, 0.1) is 18.8 Å². The molecule has 0 radical (unpaired) electrons. The Morgan fingerprint density at radius 3 is 2.81 bits per heavy atom. The first-order valence-electron chi connectivity index (χ1n) is 10.9. The van der Waals surface area contributed by atoms with Crippen molar-refractivity contribution < 1.29 is 17.9 Å². The van der Waals surface area contributed by atoms with Gasteiger partial charge in [0.1, 0.15) is 6.61 Å². The molecule has 1 aromatic carbocycles. The average molecular weight is 446 g/mol. The Balaban J connectivity index is 1.34. The fourth-order valence-corrected chi connectivity index (χ4v) is 6.00. The first-order chi connectivity index (χ1) is 15.0. The fourth-order valence-electron chi connectivity index (χ4n) is 5.01. The van der Waals surface area contributed by atoms with Crippen molar-refractivity contribution in [1.82, 2.24) is 19.8 Å². The summed E-state index contributed by atoms with van der Waals surface area (Å²) in [5, 5.41) is 10.2. The van der Waals surface area contributed by atoms with E-state index in [0.29, 0.717) is 13.2 Å². The zero-order valence-corrected chi connectivity index (χ0v) is 18.3. The number of aryl methyl sites for hydroxylation is 1. The van der Waals surface area contributed by atoms with Crippen molar-refractivity contribution in [2.45, 2.75) is 62.9 Å². The van der Waals surface area contributed by atoms with E-state index in [2.05, 4.69) is 20.5 Å². The Labute approximate surface area is 181 Å². The molecule has 3 aliphatic rings. The number of carbonyl (C=O) groups is 1. The second-order valence-corrected chi connectivity index (χ2v) is 10.00. The lowest BCUT2D eigenvalue weighted by atomic mass is 9.98. The predicted octanol–water partition coefficient (Wildman–Crippen LogP) is 1.74. The van der Waals surface area contributed by atoms with Gasteiger partial charge in [-0.1, -0.05) is 6.92 Å². The number of rotatable bonds is 5. The number of anilines is 1. The predicted molar refractivity (Wildman–Crippen MR) is 115 cm³/mol. The number of sulfonamides is 1. The molecule has 2 heterocycles. The summed E-state index contributed by atoms with van der Waals surface area (Å²) < 4.78 is 35.0. The van der Waals surface area contributed by atoms with Crippen LogP contribution in [0.3, 0.4) is 0 Å². The zero-order valence-electron chi connectivity index (χ0n) is 17.5. The molecule has 0 bridgehead atoms. The first kappa shape index (κ1) is 20.3. The fraction of sp³-hybridized carbons (Fsp3) is 0.524. The van der Waals surface area contributed by atoms with Crippen LogP contribution in [0.1, 0.15) is 42.0 Å². The van der Waals surface area contributed by atoms with Crippen molar-refractivity contribution in [3.8, 4) is 5.88 Å². The third-order valence-corrected chi connectivity index (χ3v) is 7.63. The summed E-state index contributed by atoms with van der Waals surface area (Å²) in [6, 6.07) is 1.31. The van der Waals surface area contributed by atoms with Gasteiger partial charge in [-0.25, -0.2) is 22.6 Å². The maximum atomic E-state index is 12.9. The van der Waals surface area contributed by atoms with Gasteiger partial charge >= 0.3 is 6.03 Å². The summed E-state index contributed by atoms with van der Waals surface area (Å²) in [4.78, 5) is 12.5. The van der Waals surface area contributed by atoms with Crippen molar-refractivity contribution in [1.29, 1.82) is 0 Å². The van der Waals surface area contributed by atoms with E-state index in [1.807, 2.05) is 13.0 Å². The van der Waals surface area contributed by atoms with E-state index >= 15 is 0 Å². The van der Waals surface area contributed by atoms with E-state index in [9.17, 15) is 13.2 Å². The zero-order chi connectivity index (χ0) is 21.6. The van der Waals surface area contributed by atoms with Crippen LogP contribution in [0.15, 0.2) is 17.2 Å². The van der Waals surface area contributed by atoms with Gasteiger partial charge in [0.15, 0.2) is 4.90 Å². The second kappa shape index (κ2) is 7.83. The van der Waals surface area contributed by atoms with Crippen LogP contribution < -0.4 is 20.1 Å². The van der Waals surface area contributed by atoms with Gasteiger partial charge in [0.2, 0.25) is 5.88 Å². The smallest absolute Gasteiger partial charge is 0.333 e. The largest absolute Gasteiger partial charge is 0.475 e. The van der Waals surface area contributed by atoms with E-state index in [1.165, 1.54) is 27.6 Å². The number of hydrogen-bond donors (Lipinski definition) is 3. The molecule has 1 aliphatic heterocycles. The van der Waals surface area contributed by atoms with Gasteiger partial charge in [-0.3, -0.25) is 0 Å². The minimum Gasteiger partial charge on any atom is -0.475 e. The SMILES string of the molecule is CCNC1COc2c(S(=O)(=O)NC(=O)Nc3cc4c(c5c3CCC5)CCC4)cnn2C1. The molecular formula is C21H27N5O4S. The van der Waals surface area contributed by atoms with Crippen molar-refractivity contribution in [3.63, 3.8) is 0 Å². The van der Waals surface area contributed by atoms with E-state index < -0.39 is 16.1 Å². The van der Waals surface area contributed by atoms with E-state index in [1.54, 1.807) is 0 Å². The number of amides is 2. The topological polar surface area (TPSA) is 114 Å². The second-order valence-electron chi connectivity index (χ2n) is 8.35. The van der Waals surface area contributed by atoms with Gasteiger partial charge < -0.3 is 15.4 Å². The van der Waals surface area contributed by atoms with Crippen LogP contribution in [-0.4, -0.2) is 43.4 Å². The van der Waals surface area contributed by atoms with Gasteiger partial charge in [0, 0.05) is 5.69 Å². The van der Waals surface area contributed by atoms with E-state index in [4.69, 9.17) is 4.74 Å². The molecule has 31 heavy (non-hydrogen) atoms. The van der Waals surface area contributed by atoms with Crippen LogP contribution in [0.4, 0.5) is 10.5 Å². The molecule has 0 spiro atoms. The summed E-state index contributed by atoms with van der Waals surface area (Å²) in [7, 11) is -4.12. The molecule has 9 nitrogen and oxygen atoms in total. The third kappa shape index (κ3) is 3.67. The van der Waals surface area contributed by atoms with Gasteiger partial charge in [-0.05, 0) is 73.4 Å². The van der Waals surface area contributed by atoms with Crippen LogP contribution >= 0.6 is 0 Å².